The fourth-order valence-corrected chi connectivity index (χ4v) is 6.12. The summed E-state index contributed by atoms with van der Waals surface area (Å²) in [5.74, 6) is 0.0107. The van der Waals surface area contributed by atoms with Crippen LogP contribution in [0.25, 0.3) is 5.82 Å². The number of carbonyl (C=O) groups is 2. The summed E-state index contributed by atoms with van der Waals surface area (Å²) in [5.41, 5.74) is 1.37. The van der Waals surface area contributed by atoms with E-state index in [0.29, 0.717) is 39.8 Å². The van der Waals surface area contributed by atoms with Gasteiger partial charge in [0.1, 0.15) is 17.3 Å². The quantitative estimate of drug-likeness (QED) is 0.482. The number of ketones is 1. The Morgan fingerprint density at radius 1 is 1.00 bits per heavy atom. The number of Topliss-reactive ketones (excluding diaryl/α,β-unsaturated/α-hetero) is 1. The van der Waals surface area contributed by atoms with Gasteiger partial charge in [-0.2, -0.15) is 5.26 Å². The van der Waals surface area contributed by atoms with Crippen LogP contribution < -0.4 is 10.2 Å². The van der Waals surface area contributed by atoms with Crippen LogP contribution in [0.2, 0.25) is 5.02 Å². The summed E-state index contributed by atoms with van der Waals surface area (Å²) in [6.07, 6.45) is 4.52. The molecule has 0 radical (unpaired) electrons. The third-order valence-electron chi connectivity index (χ3n) is 7.25. The van der Waals surface area contributed by atoms with Crippen molar-refractivity contribution < 1.29 is 9.59 Å². The molecule has 178 valence electrons. The molecule has 3 heterocycles. The number of nitrogens with zero attached hydrogens (tertiary/aromatic N) is 3. The van der Waals surface area contributed by atoms with Crippen LogP contribution >= 0.6 is 11.6 Å². The summed E-state index contributed by atoms with van der Waals surface area (Å²) in [7, 11) is 0. The normalized spacial score (nSPS) is 22.4. The molecule has 1 aromatic heterocycles. The first-order valence-electron chi connectivity index (χ1n) is 11.8. The molecule has 0 bridgehead atoms. The molecule has 0 saturated heterocycles. The number of nitriles is 1. The number of hydrogen-bond donors (Lipinski definition) is 1. The number of halogens is 1. The topological polar surface area (TPSA) is 78.1 Å². The van der Waals surface area contributed by atoms with Crippen molar-refractivity contribution >= 4 is 40.5 Å². The Morgan fingerprint density at radius 3 is 2.47 bits per heavy atom. The Labute approximate surface area is 214 Å². The van der Waals surface area contributed by atoms with E-state index >= 15 is 0 Å². The molecule has 3 aliphatic rings. The molecule has 2 aromatic carbocycles. The van der Waals surface area contributed by atoms with Gasteiger partial charge in [-0.25, -0.2) is 0 Å². The van der Waals surface area contributed by atoms with Crippen molar-refractivity contribution in [3.63, 3.8) is 0 Å². The van der Waals surface area contributed by atoms with Crippen LogP contribution in [0.5, 0.6) is 0 Å². The molecule has 1 amide bonds. The number of carbonyl (C=O) groups excluding carboxylic acids is 2. The van der Waals surface area contributed by atoms with E-state index in [9.17, 15) is 14.9 Å². The lowest BCUT2D eigenvalue weighted by Gasteiger charge is -2.47. The van der Waals surface area contributed by atoms with E-state index in [1.54, 1.807) is 6.07 Å². The fourth-order valence-electron chi connectivity index (χ4n) is 5.94. The molecule has 1 N–H and O–H groups in total. The Bertz CT molecular complexity index is 1560. The van der Waals surface area contributed by atoms with Gasteiger partial charge >= 0.3 is 0 Å². The minimum Gasteiger partial charge on any atom is -0.324 e. The zero-order valence-corrected chi connectivity index (χ0v) is 20.6. The largest absolute Gasteiger partial charge is 0.324 e. The van der Waals surface area contributed by atoms with Crippen molar-refractivity contribution in [3.8, 4) is 6.07 Å². The average Bonchev–Trinajstić information content (AvgIpc) is 3.45. The number of aromatic nitrogens is 1. The lowest BCUT2D eigenvalue weighted by Crippen LogP contribution is -2.51. The van der Waals surface area contributed by atoms with Gasteiger partial charge in [-0.1, -0.05) is 49.7 Å². The molecular weight excluding hydrogens is 472 g/mol. The lowest BCUT2D eigenvalue weighted by atomic mass is 9.60. The van der Waals surface area contributed by atoms with E-state index in [-0.39, 0.29) is 29.1 Å². The summed E-state index contributed by atoms with van der Waals surface area (Å²) < 4.78 is 1.84. The first-order valence-corrected chi connectivity index (χ1v) is 12.2. The van der Waals surface area contributed by atoms with Gasteiger partial charge in [-0.15, -0.1) is 0 Å². The van der Waals surface area contributed by atoms with Crippen LogP contribution in [0.15, 0.2) is 89.9 Å². The van der Waals surface area contributed by atoms with Gasteiger partial charge in [0, 0.05) is 52.0 Å². The molecule has 1 spiro atoms. The summed E-state index contributed by atoms with van der Waals surface area (Å²) in [4.78, 5) is 30.0. The second-order valence-electron chi connectivity index (χ2n) is 10.2. The minimum atomic E-state index is -1.54. The number of anilines is 2. The standard InChI is InChI=1S/C29H23ClN4O2/c1-28(2)15-23-25(24(35)16-28)29(20-10-3-4-11-22(20)32-27(29)36)21(17-31)26(33-12-5-6-13-33)34(23)19-9-7-8-18(30)14-19/h3-14H,15-16H2,1-2H3,(H,32,36). The smallest absolute Gasteiger partial charge is 0.245 e. The third kappa shape index (κ3) is 2.96. The summed E-state index contributed by atoms with van der Waals surface area (Å²) in [5, 5.41) is 14.2. The third-order valence-corrected chi connectivity index (χ3v) is 7.49. The van der Waals surface area contributed by atoms with Crippen molar-refractivity contribution in [1.29, 1.82) is 5.26 Å². The van der Waals surface area contributed by atoms with Gasteiger partial charge in [0.15, 0.2) is 5.78 Å². The van der Waals surface area contributed by atoms with Gasteiger partial charge in [-0.3, -0.25) is 14.5 Å². The van der Waals surface area contributed by atoms with Crippen LogP contribution in [0.4, 0.5) is 11.4 Å². The monoisotopic (exact) mass is 494 g/mol. The number of nitrogens with one attached hydrogen (secondary N) is 1. The molecule has 1 unspecified atom stereocenters. The Hall–Kier alpha value is -4.08. The predicted molar refractivity (Wildman–Crippen MR) is 139 cm³/mol. The molecular formula is C29H23ClN4O2. The van der Waals surface area contributed by atoms with Gasteiger partial charge in [-0.05, 0) is 48.2 Å². The summed E-state index contributed by atoms with van der Waals surface area (Å²) in [6.45, 7) is 4.11. The second-order valence-corrected chi connectivity index (χ2v) is 10.7. The van der Waals surface area contributed by atoms with Crippen molar-refractivity contribution in [2.45, 2.75) is 32.1 Å². The van der Waals surface area contributed by atoms with E-state index in [0.717, 1.165) is 5.69 Å². The van der Waals surface area contributed by atoms with Crippen LogP contribution in [0.1, 0.15) is 32.3 Å². The molecule has 6 rings (SSSR count). The highest BCUT2D eigenvalue weighted by molar-refractivity contribution is 6.31. The fraction of sp³-hybridized carbons (Fsp3) is 0.207. The number of hydrogen-bond acceptors (Lipinski definition) is 4. The van der Waals surface area contributed by atoms with Gasteiger partial charge in [0.25, 0.3) is 0 Å². The molecule has 2 aliphatic heterocycles. The zero-order chi connectivity index (χ0) is 25.2. The van der Waals surface area contributed by atoms with E-state index in [2.05, 4.69) is 25.2 Å². The Morgan fingerprint density at radius 2 is 1.75 bits per heavy atom. The van der Waals surface area contributed by atoms with Gasteiger partial charge in [0.05, 0.1) is 5.57 Å². The van der Waals surface area contributed by atoms with E-state index in [1.165, 1.54) is 0 Å². The molecule has 6 nitrogen and oxygen atoms in total. The van der Waals surface area contributed by atoms with Gasteiger partial charge in [0.2, 0.25) is 5.91 Å². The Kier molecular flexibility index (Phi) is 4.79. The predicted octanol–water partition coefficient (Wildman–Crippen LogP) is 5.89. The maximum atomic E-state index is 14.0. The lowest BCUT2D eigenvalue weighted by molar-refractivity contribution is -0.123. The molecule has 7 heteroatoms. The van der Waals surface area contributed by atoms with Crippen LogP contribution in [0.3, 0.4) is 0 Å². The number of allylic oxidation sites excluding steroid dienone is 1. The van der Waals surface area contributed by atoms with Gasteiger partial charge < -0.3 is 9.88 Å². The number of fused-ring (bicyclic) bond motifs is 3. The molecule has 36 heavy (non-hydrogen) atoms. The van der Waals surface area contributed by atoms with E-state index < -0.39 is 5.41 Å². The Balaban J connectivity index is 1.80. The zero-order valence-electron chi connectivity index (χ0n) is 19.9. The van der Waals surface area contributed by atoms with Crippen molar-refractivity contribution in [1.82, 2.24) is 4.57 Å². The first-order chi connectivity index (χ1) is 17.3. The summed E-state index contributed by atoms with van der Waals surface area (Å²) in [6, 6.07) is 20.8. The molecule has 0 saturated carbocycles. The molecule has 0 fully saturated rings. The second kappa shape index (κ2) is 7.71. The first kappa shape index (κ1) is 22.4. The SMILES string of the molecule is CC1(C)CC(=O)C2=C(C1)N(c1cccc(Cl)c1)C(n1cccc1)=C(C#N)C21C(=O)Nc2ccccc21. The van der Waals surface area contributed by atoms with Crippen molar-refractivity contribution in [2.24, 2.45) is 5.41 Å². The molecule has 1 aliphatic carbocycles. The number of rotatable bonds is 2. The number of benzene rings is 2. The van der Waals surface area contributed by atoms with Crippen LogP contribution in [-0.2, 0) is 15.0 Å². The highest BCUT2D eigenvalue weighted by atomic mass is 35.5. The van der Waals surface area contributed by atoms with E-state index in [1.807, 2.05) is 76.5 Å². The van der Waals surface area contributed by atoms with Crippen LogP contribution in [0, 0.1) is 16.7 Å². The number of amides is 1. The highest BCUT2D eigenvalue weighted by Gasteiger charge is 2.61. The van der Waals surface area contributed by atoms with Crippen LogP contribution in [-0.4, -0.2) is 16.3 Å². The van der Waals surface area contributed by atoms with E-state index in [4.69, 9.17) is 11.6 Å². The maximum absolute atomic E-state index is 14.0. The summed E-state index contributed by atoms with van der Waals surface area (Å²) >= 11 is 6.42. The molecule has 3 aromatic rings. The maximum Gasteiger partial charge on any atom is 0.245 e. The highest BCUT2D eigenvalue weighted by Crippen LogP contribution is 2.58. The minimum absolute atomic E-state index is 0.126. The number of para-hydroxylation sites is 1. The van der Waals surface area contributed by atoms with Crippen molar-refractivity contribution in [2.75, 3.05) is 10.2 Å². The van der Waals surface area contributed by atoms with Crippen molar-refractivity contribution in [3.05, 3.63) is 100 Å². The average molecular weight is 495 g/mol. The molecule has 1 atom stereocenters.